The van der Waals surface area contributed by atoms with Crippen LogP contribution in [0.5, 0.6) is 11.5 Å². The lowest BCUT2D eigenvalue weighted by Gasteiger charge is -2.13. The van der Waals surface area contributed by atoms with Gasteiger partial charge in [-0.1, -0.05) is 0 Å². The molecule has 5 nitrogen and oxygen atoms in total. The standard InChI is InChI=1S/C18H19BrN2O3/c1-3-23-16-6-12-4-11(2)24-17(12)7-13(16)9-21-18(22)14-5-15(19)10-20-8-14/h5-8,10-11H,3-4,9H2,1-2H3,(H,21,22)/t11-/m1/s1. The van der Waals surface area contributed by atoms with Crippen LogP contribution in [0.25, 0.3) is 0 Å². The Morgan fingerprint density at radius 3 is 3.00 bits per heavy atom. The largest absolute Gasteiger partial charge is 0.494 e. The molecular formula is C18H19BrN2O3. The van der Waals surface area contributed by atoms with E-state index in [1.165, 1.54) is 6.20 Å². The molecule has 0 unspecified atom stereocenters. The lowest BCUT2D eigenvalue weighted by molar-refractivity contribution is 0.0950. The summed E-state index contributed by atoms with van der Waals surface area (Å²) in [5, 5.41) is 2.91. The third kappa shape index (κ3) is 3.70. The zero-order valence-corrected chi connectivity index (χ0v) is 15.2. The number of hydrogen-bond donors (Lipinski definition) is 1. The summed E-state index contributed by atoms with van der Waals surface area (Å²) in [6.45, 7) is 4.93. The number of hydrogen-bond acceptors (Lipinski definition) is 4. The maximum absolute atomic E-state index is 12.3. The van der Waals surface area contributed by atoms with Crippen LogP contribution in [0.15, 0.2) is 35.1 Å². The molecule has 2 heterocycles. The maximum Gasteiger partial charge on any atom is 0.253 e. The van der Waals surface area contributed by atoms with Gasteiger partial charge in [0.05, 0.1) is 12.2 Å². The first-order chi connectivity index (χ1) is 11.6. The van der Waals surface area contributed by atoms with Gasteiger partial charge in [0.15, 0.2) is 0 Å². The molecule has 1 aliphatic heterocycles. The summed E-state index contributed by atoms with van der Waals surface area (Å²) in [5.74, 6) is 1.49. The van der Waals surface area contributed by atoms with E-state index < -0.39 is 0 Å². The highest BCUT2D eigenvalue weighted by Crippen LogP contribution is 2.35. The van der Waals surface area contributed by atoms with Crippen LogP contribution in [0, 0.1) is 0 Å². The van der Waals surface area contributed by atoms with Crippen molar-refractivity contribution in [1.29, 1.82) is 0 Å². The lowest BCUT2D eigenvalue weighted by atomic mass is 10.1. The van der Waals surface area contributed by atoms with E-state index in [4.69, 9.17) is 9.47 Å². The monoisotopic (exact) mass is 390 g/mol. The molecule has 0 saturated heterocycles. The molecule has 0 spiro atoms. The molecule has 1 atom stereocenters. The molecule has 0 fully saturated rings. The third-order valence-electron chi connectivity index (χ3n) is 3.79. The molecule has 1 aromatic carbocycles. The van der Waals surface area contributed by atoms with E-state index in [-0.39, 0.29) is 12.0 Å². The van der Waals surface area contributed by atoms with Gasteiger partial charge in [0.2, 0.25) is 0 Å². The molecular weight excluding hydrogens is 372 g/mol. The highest BCUT2D eigenvalue weighted by molar-refractivity contribution is 9.10. The number of carbonyl (C=O) groups is 1. The fourth-order valence-electron chi connectivity index (χ4n) is 2.72. The number of amides is 1. The normalized spacial score (nSPS) is 15.5. The molecule has 1 amide bonds. The Bertz CT molecular complexity index is 764. The smallest absolute Gasteiger partial charge is 0.253 e. The zero-order valence-electron chi connectivity index (χ0n) is 13.6. The van der Waals surface area contributed by atoms with Crippen LogP contribution in [0.3, 0.4) is 0 Å². The SMILES string of the molecule is CCOc1cc2c(cc1CNC(=O)c1cncc(Br)c1)O[C@H](C)C2. The summed E-state index contributed by atoms with van der Waals surface area (Å²) in [7, 11) is 0. The average Bonchev–Trinajstić information content (AvgIpc) is 2.91. The second-order valence-electron chi connectivity index (χ2n) is 5.71. The lowest BCUT2D eigenvalue weighted by Crippen LogP contribution is -2.23. The van der Waals surface area contributed by atoms with Crippen molar-refractivity contribution in [2.45, 2.75) is 32.9 Å². The minimum atomic E-state index is -0.180. The van der Waals surface area contributed by atoms with E-state index in [2.05, 4.69) is 26.2 Å². The first-order valence-corrected chi connectivity index (χ1v) is 8.70. The second kappa shape index (κ2) is 7.21. The van der Waals surface area contributed by atoms with Crippen LogP contribution in [0.2, 0.25) is 0 Å². The van der Waals surface area contributed by atoms with E-state index in [9.17, 15) is 4.79 Å². The Hall–Kier alpha value is -2.08. The van der Waals surface area contributed by atoms with Gasteiger partial charge in [0.1, 0.15) is 17.6 Å². The summed E-state index contributed by atoms with van der Waals surface area (Å²) in [5.41, 5.74) is 2.56. The number of benzene rings is 1. The molecule has 1 aromatic heterocycles. The van der Waals surface area contributed by atoms with Crippen LogP contribution >= 0.6 is 15.9 Å². The number of fused-ring (bicyclic) bond motifs is 1. The summed E-state index contributed by atoms with van der Waals surface area (Å²) in [4.78, 5) is 16.3. The van der Waals surface area contributed by atoms with Crippen molar-refractivity contribution in [3.8, 4) is 11.5 Å². The van der Waals surface area contributed by atoms with Crippen LogP contribution in [0.4, 0.5) is 0 Å². The molecule has 1 N–H and O–H groups in total. The van der Waals surface area contributed by atoms with Gasteiger partial charge in [-0.15, -0.1) is 0 Å². The summed E-state index contributed by atoms with van der Waals surface area (Å²) < 4.78 is 12.3. The van der Waals surface area contributed by atoms with Crippen LogP contribution in [-0.4, -0.2) is 23.6 Å². The van der Waals surface area contributed by atoms with Gasteiger partial charge in [-0.3, -0.25) is 9.78 Å². The topological polar surface area (TPSA) is 60.5 Å². The summed E-state index contributed by atoms with van der Waals surface area (Å²) >= 11 is 3.32. The number of pyridine rings is 1. The zero-order chi connectivity index (χ0) is 17.1. The summed E-state index contributed by atoms with van der Waals surface area (Å²) in [6.07, 6.45) is 4.23. The molecule has 0 radical (unpaired) electrons. The van der Waals surface area contributed by atoms with Gasteiger partial charge in [-0.2, -0.15) is 0 Å². The molecule has 2 aromatic rings. The van der Waals surface area contributed by atoms with Gasteiger partial charge in [-0.25, -0.2) is 0 Å². The van der Waals surface area contributed by atoms with E-state index in [1.807, 2.05) is 26.0 Å². The van der Waals surface area contributed by atoms with E-state index in [0.717, 1.165) is 33.5 Å². The summed E-state index contributed by atoms with van der Waals surface area (Å²) in [6, 6.07) is 5.72. The highest BCUT2D eigenvalue weighted by Gasteiger charge is 2.22. The van der Waals surface area contributed by atoms with Gasteiger partial charge in [0.25, 0.3) is 5.91 Å². The second-order valence-corrected chi connectivity index (χ2v) is 6.62. The molecule has 24 heavy (non-hydrogen) atoms. The molecule has 6 heteroatoms. The molecule has 0 saturated carbocycles. The quantitative estimate of drug-likeness (QED) is 0.848. The van der Waals surface area contributed by atoms with Gasteiger partial charge >= 0.3 is 0 Å². The number of halogens is 1. The fourth-order valence-corrected chi connectivity index (χ4v) is 3.09. The van der Waals surface area contributed by atoms with Crippen molar-refractivity contribution in [3.63, 3.8) is 0 Å². The molecule has 126 valence electrons. The van der Waals surface area contributed by atoms with E-state index in [1.54, 1.807) is 12.3 Å². The van der Waals surface area contributed by atoms with Crippen LogP contribution in [0.1, 0.15) is 35.3 Å². The molecule has 3 rings (SSSR count). The highest BCUT2D eigenvalue weighted by atomic mass is 79.9. The molecule has 1 aliphatic rings. The Labute approximate surface area is 149 Å². The maximum atomic E-state index is 12.3. The molecule has 0 bridgehead atoms. The number of carbonyl (C=O) groups excluding carboxylic acids is 1. The number of nitrogens with one attached hydrogen (secondary N) is 1. The van der Waals surface area contributed by atoms with Gasteiger partial charge in [0, 0.05) is 41.0 Å². The van der Waals surface area contributed by atoms with Crippen LogP contribution < -0.4 is 14.8 Å². The molecule has 0 aliphatic carbocycles. The van der Waals surface area contributed by atoms with E-state index >= 15 is 0 Å². The van der Waals surface area contributed by atoms with Crippen molar-refractivity contribution in [2.24, 2.45) is 0 Å². The Kier molecular flexibility index (Phi) is 5.04. The number of nitrogens with zero attached hydrogens (tertiary/aromatic N) is 1. The minimum Gasteiger partial charge on any atom is -0.494 e. The van der Waals surface area contributed by atoms with Crippen molar-refractivity contribution in [1.82, 2.24) is 10.3 Å². The Balaban J connectivity index is 1.77. The predicted octanol–water partition coefficient (Wildman–Crippen LogP) is 3.50. The van der Waals surface area contributed by atoms with Crippen LogP contribution in [-0.2, 0) is 13.0 Å². The van der Waals surface area contributed by atoms with Gasteiger partial charge < -0.3 is 14.8 Å². The van der Waals surface area contributed by atoms with Gasteiger partial charge in [-0.05, 0) is 48.0 Å². The Morgan fingerprint density at radius 2 is 2.25 bits per heavy atom. The number of ether oxygens (including phenoxy) is 2. The fraction of sp³-hybridized carbons (Fsp3) is 0.333. The number of aromatic nitrogens is 1. The first-order valence-electron chi connectivity index (χ1n) is 7.90. The third-order valence-corrected chi connectivity index (χ3v) is 4.22. The van der Waals surface area contributed by atoms with E-state index in [0.29, 0.717) is 18.7 Å². The minimum absolute atomic E-state index is 0.173. The average molecular weight is 391 g/mol. The van der Waals surface area contributed by atoms with Crippen molar-refractivity contribution >= 4 is 21.8 Å². The van der Waals surface area contributed by atoms with Crippen molar-refractivity contribution in [3.05, 3.63) is 51.8 Å². The Morgan fingerprint density at radius 1 is 1.42 bits per heavy atom. The van der Waals surface area contributed by atoms with Crippen molar-refractivity contribution in [2.75, 3.05) is 6.61 Å². The first kappa shape index (κ1) is 16.8. The predicted molar refractivity (Wildman–Crippen MR) is 94.5 cm³/mol. The number of rotatable bonds is 5. The van der Waals surface area contributed by atoms with Crippen molar-refractivity contribution < 1.29 is 14.3 Å².